The summed E-state index contributed by atoms with van der Waals surface area (Å²) in [4.78, 5) is 0. The summed E-state index contributed by atoms with van der Waals surface area (Å²) in [5.41, 5.74) is 4.39. The highest BCUT2D eigenvalue weighted by Crippen LogP contribution is 2.42. The topological polar surface area (TPSA) is 91.2 Å². The van der Waals surface area contributed by atoms with Crippen molar-refractivity contribution in [3.63, 3.8) is 0 Å². The van der Waals surface area contributed by atoms with Gasteiger partial charge in [0.15, 0.2) is 11.5 Å². The first-order valence-electron chi connectivity index (χ1n) is 10.6. The molecule has 166 valence electrons. The molecule has 2 aliphatic rings. The van der Waals surface area contributed by atoms with Crippen LogP contribution in [0.5, 0.6) is 11.5 Å². The van der Waals surface area contributed by atoms with Crippen LogP contribution in [0.1, 0.15) is 29.7 Å². The van der Waals surface area contributed by atoms with Crippen LogP contribution in [0.25, 0.3) is 0 Å². The van der Waals surface area contributed by atoms with E-state index < -0.39 is 30.5 Å². The van der Waals surface area contributed by atoms with Crippen LogP contribution in [-0.4, -0.2) is 39.7 Å². The largest absolute Gasteiger partial charge is 0.453 e. The minimum absolute atomic E-state index is 0.562. The molecule has 3 aromatic carbocycles. The summed E-state index contributed by atoms with van der Waals surface area (Å²) in [5, 5.41) is 34.6. The first-order chi connectivity index (χ1) is 15.4. The third-order valence-corrected chi connectivity index (χ3v) is 6.43. The van der Waals surface area contributed by atoms with Crippen molar-refractivity contribution in [1.82, 2.24) is 0 Å². The molecule has 0 amide bonds. The average molecular weight is 454 g/mol. The first-order valence-corrected chi connectivity index (χ1v) is 10.9. The van der Waals surface area contributed by atoms with Crippen molar-refractivity contribution in [2.24, 2.45) is 0 Å². The van der Waals surface area contributed by atoms with Crippen LogP contribution >= 0.6 is 11.6 Å². The number of hydrogen-bond acceptors (Lipinski definition) is 6. The maximum atomic E-state index is 10.5. The maximum Gasteiger partial charge on any atom is 0.150 e. The molecule has 1 saturated heterocycles. The number of benzene rings is 3. The van der Waals surface area contributed by atoms with Crippen LogP contribution in [0.2, 0.25) is 5.02 Å². The predicted molar refractivity (Wildman–Crippen MR) is 122 cm³/mol. The second kappa shape index (κ2) is 8.39. The predicted octanol–water partition coefficient (Wildman–Crippen LogP) is 4.32. The molecule has 3 aromatic rings. The molecule has 6 nitrogen and oxygen atoms in total. The third kappa shape index (κ3) is 3.85. The molecule has 7 heteroatoms. The molecule has 2 heterocycles. The van der Waals surface area contributed by atoms with Gasteiger partial charge in [0.25, 0.3) is 0 Å². The highest BCUT2D eigenvalue weighted by Gasteiger charge is 2.42. The summed E-state index contributed by atoms with van der Waals surface area (Å²) in [7, 11) is 0. The zero-order valence-electron chi connectivity index (χ0n) is 17.4. The summed E-state index contributed by atoms with van der Waals surface area (Å²) in [6, 6.07) is 19.1. The molecule has 0 saturated carbocycles. The quantitative estimate of drug-likeness (QED) is 0.369. The molecule has 0 radical (unpaired) electrons. The summed E-state index contributed by atoms with van der Waals surface area (Å²) in [6.07, 6.45) is -4.45. The van der Waals surface area contributed by atoms with Gasteiger partial charge in [-0.2, -0.15) is 0 Å². The van der Waals surface area contributed by atoms with Crippen molar-refractivity contribution in [3.8, 4) is 11.5 Å². The maximum absolute atomic E-state index is 10.5. The van der Waals surface area contributed by atoms with E-state index in [1.54, 1.807) is 19.1 Å². The fraction of sp³-hybridized carbons (Fsp3) is 0.280. The van der Waals surface area contributed by atoms with Gasteiger partial charge in [0.2, 0.25) is 0 Å². The molecule has 5 rings (SSSR count). The Balaban J connectivity index is 1.40. The highest BCUT2D eigenvalue weighted by atomic mass is 35.5. The number of aliphatic hydroxyl groups excluding tert-OH is 3. The number of hydrogen-bond donors (Lipinski definition) is 4. The summed E-state index contributed by atoms with van der Waals surface area (Å²) >= 11 is 6.48. The van der Waals surface area contributed by atoms with Crippen LogP contribution in [0.4, 0.5) is 11.4 Å². The van der Waals surface area contributed by atoms with Crippen molar-refractivity contribution in [2.45, 2.75) is 43.9 Å². The second-order valence-corrected chi connectivity index (χ2v) is 8.72. The van der Waals surface area contributed by atoms with Gasteiger partial charge >= 0.3 is 0 Å². The number of fused-ring (bicyclic) bond motifs is 2. The number of ether oxygens (including phenoxy) is 2. The van der Waals surface area contributed by atoms with Gasteiger partial charge in [-0.1, -0.05) is 41.9 Å². The van der Waals surface area contributed by atoms with Crippen LogP contribution in [0.3, 0.4) is 0 Å². The van der Waals surface area contributed by atoms with E-state index in [9.17, 15) is 15.3 Å². The molecule has 4 N–H and O–H groups in total. The van der Waals surface area contributed by atoms with Gasteiger partial charge in [-0.05, 0) is 60.4 Å². The molecular weight excluding hydrogens is 430 g/mol. The standard InChI is InChI=1S/C25H24ClNO5/c1-13-22(28)23(29)24(30)25(31-13)15-7-8-17(26)16(12-15)10-14-6-9-21-19(11-14)27-18-4-2-3-5-20(18)32-21/h2-9,11-13,22-25,27-30H,10H2,1H3/t13-,22-,23+,24-,25+/m1/s1. The van der Waals surface area contributed by atoms with E-state index in [1.807, 2.05) is 48.5 Å². The van der Waals surface area contributed by atoms with Crippen molar-refractivity contribution in [1.29, 1.82) is 0 Å². The fourth-order valence-corrected chi connectivity index (χ4v) is 4.43. The van der Waals surface area contributed by atoms with Gasteiger partial charge in [0.1, 0.15) is 24.4 Å². The van der Waals surface area contributed by atoms with Gasteiger partial charge < -0.3 is 30.1 Å². The second-order valence-electron chi connectivity index (χ2n) is 8.31. The average Bonchev–Trinajstić information content (AvgIpc) is 2.80. The van der Waals surface area contributed by atoms with Gasteiger partial charge in [0.05, 0.1) is 17.5 Å². The van der Waals surface area contributed by atoms with E-state index in [2.05, 4.69) is 5.32 Å². The third-order valence-electron chi connectivity index (χ3n) is 6.07. The van der Waals surface area contributed by atoms with Crippen LogP contribution in [0, 0.1) is 0 Å². The molecular formula is C25H24ClNO5. The van der Waals surface area contributed by atoms with Crippen molar-refractivity contribution >= 4 is 23.0 Å². The van der Waals surface area contributed by atoms with Crippen molar-refractivity contribution in [3.05, 3.63) is 82.4 Å². The zero-order chi connectivity index (χ0) is 22.4. The smallest absolute Gasteiger partial charge is 0.150 e. The Morgan fingerprint density at radius 1 is 0.875 bits per heavy atom. The molecule has 1 fully saturated rings. The number of para-hydroxylation sites is 2. The van der Waals surface area contributed by atoms with Crippen molar-refractivity contribution < 1.29 is 24.8 Å². The first kappa shape index (κ1) is 21.2. The van der Waals surface area contributed by atoms with E-state index >= 15 is 0 Å². The molecule has 0 aliphatic carbocycles. The Bertz CT molecular complexity index is 1150. The molecule has 0 unspecified atom stereocenters. The number of rotatable bonds is 3. The molecule has 0 bridgehead atoms. The number of anilines is 2. The van der Waals surface area contributed by atoms with Crippen LogP contribution < -0.4 is 10.1 Å². The highest BCUT2D eigenvalue weighted by molar-refractivity contribution is 6.31. The molecule has 0 spiro atoms. The Morgan fingerprint density at radius 2 is 1.66 bits per heavy atom. The Labute approximate surface area is 191 Å². The van der Waals surface area contributed by atoms with Gasteiger partial charge in [-0.15, -0.1) is 0 Å². The lowest BCUT2D eigenvalue weighted by Gasteiger charge is -2.39. The van der Waals surface area contributed by atoms with Crippen LogP contribution in [-0.2, 0) is 11.2 Å². The van der Waals surface area contributed by atoms with E-state index in [1.165, 1.54) is 0 Å². The number of aliphatic hydroxyl groups is 3. The van der Waals surface area contributed by atoms with Crippen LogP contribution in [0.15, 0.2) is 60.7 Å². The zero-order valence-corrected chi connectivity index (χ0v) is 18.2. The lowest BCUT2D eigenvalue weighted by Crippen LogP contribution is -2.53. The molecule has 2 aliphatic heterocycles. The normalized spacial score (nSPS) is 26.5. The van der Waals surface area contributed by atoms with Gasteiger partial charge in [-0.25, -0.2) is 0 Å². The van der Waals surface area contributed by atoms with Crippen molar-refractivity contribution in [2.75, 3.05) is 5.32 Å². The Morgan fingerprint density at radius 3 is 2.50 bits per heavy atom. The SMILES string of the molecule is C[C@H]1O[C@@H](c2ccc(Cl)c(Cc3ccc4c(c3)Nc3ccccc3O4)c2)[C@H](O)[C@@H](O)[C@@H]1O. The minimum Gasteiger partial charge on any atom is -0.453 e. The minimum atomic E-state index is -1.28. The summed E-state index contributed by atoms with van der Waals surface area (Å²) in [5.74, 6) is 1.55. The number of nitrogens with one attached hydrogen (secondary N) is 1. The van der Waals surface area contributed by atoms with E-state index in [4.69, 9.17) is 21.1 Å². The van der Waals surface area contributed by atoms with Gasteiger partial charge in [-0.3, -0.25) is 0 Å². The summed E-state index contributed by atoms with van der Waals surface area (Å²) in [6.45, 7) is 1.67. The fourth-order valence-electron chi connectivity index (χ4n) is 4.25. The lowest BCUT2D eigenvalue weighted by molar-refractivity contribution is -0.219. The molecule has 5 atom stereocenters. The lowest BCUT2D eigenvalue weighted by atomic mass is 9.90. The Kier molecular flexibility index (Phi) is 5.57. The monoisotopic (exact) mass is 453 g/mol. The number of halogens is 1. The summed E-state index contributed by atoms with van der Waals surface area (Å²) < 4.78 is 11.8. The molecule has 32 heavy (non-hydrogen) atoms. The van der Waals surface area contributed by atoms with E-state index in [0.717, 1.165) is 34.0 Å². The van der Waals surface area contributed by atoms with E-state index in [-0.39, 0.29) is 0 Å². The Hall–Kier alpha value is -2.61. The molecule has 0 aromatic heterocycles. The van der Waals surface area contributed by atoms with E-state index in [0.29, 0.717) is 17.0 Å². The van der Waals surface area contributed by atoms with Gasteiger partial charge in [0, 0.05) is 5.02 Å².